The molecule has 4 rings (SSSR count). The molecule has 2 fully saturated rings. The number of ether oxygens (including phenoxy) is 1. The molecular formula is C22H34N2O2S. The van der Waals surface area contributed by atoms with Gasteiger partial charge in [0.2, 0.25) is 0 Å². The van der Waals surface area contributed by atoms with E-state index in [1.54, 1.807) is 11.9 Å². The summed E-state index contributed by atoms with van der Waals surface area (Å²) in [4.78, 5) is 12.9. The second-order valence-electron chi connectivity index (χ2n) is 8.96. The van der Waals surface area contributed by atoms with Crippen LogP contribution >= 0.6 is 11.9 Å². The summed E-state index contributed by atoms with van der Waals surface area (Å²) in [7, 11) is 0. The second-order valence-corrected chi connectivity index (χ2v) is 9.61. The van der Waals surface area contributed by atoms with Crippen molar-refractivity contribution in [3.63, 3.8) is 0 Å². The first-order valence-electron chi connectivity index (χ1n) is 10.7. The summed E-state index contributed by atoms with van der Waals surface area (Å²) in [6, 6.07) is 4.47. The largest absolute Gasteiger partial charge is 0.376 e. The monoisotopic (exact) mass is 390 g/mol. The van der Waals surface area contributed by atoms with Crippen LogP contribution in [-0.2, 0) is 11.2 Å². The van der Waals surface area contributed by atoms with Crippen LogP contribution in [0, 0.1) is 24.7 Å². The zero-order valence-corrected chi connectivity index (χ0v) is 17.8. The van der Waals surface area contributed by atoms with Gasteiger partial charge in [0.1, 0.15) is 0 Å². The highest BCUT2D eigenvalue weighted by Gasteiger charge is 2.41. The van der Waals surface area contributed by atoms with E-state index in [0.29, 0.717) is 12.7 Å². The van der Waals surface area contributed by atoms with Crippen LogP contribution < -0.4 is 10.3 Å². The molecule has 4 nitrogen and oxygen atoms in total. The topological polar surface area (TPSA) is 43.3 Å². The molecule has 0 saturated heterocycles. The van der Waals surface area contributed by atoms with E-state index in [0.717, 1.165) is 41.9 Å². The number of hydrogen-bond acceptors (Lipinski definition) is 4. The molecule has 2 aliphatic carbocycles. The first kappa shape index (κ1) is 19.5. The summed E-state index contributed by atoms with van der Waals surface area (Å²) in [5.74, 6) is 2.89. The van der Waals surface area contributed by atoms with Gasteiger partial charge in [0.05, 0.1) is 18.8 Å². The second kappa shape index (κ2) is 8.30. The number of aromatic nitrogens is 1. The maximum Gasteiger partial charge on any atom is 0.254 e. The molecule has 4 atom stereocenters. The lowest BCUT2D eigenvalue weighted by atomic mass is 9.83. The Morgan fingerprint density at radius 1 is 1.22 bits per heavy atom. The van der Waals surface area contributed by atoms with Crippen molar-refractivity contribution in [3.8, 4) is 0 Å². The van der Waals surface area contributed by atoms with Crippen LogP contribution in [0.1, 0.15) is 62.7 Å². The normalized spacial score (nSPS) is 35.7. The fourth-order valence-electron chi connectivity index (χ4n) is 5.34. The molecule has 2 heterocycles. The molecule has 3 aliphatic rings. The molecule has 0 aromatic carbocycles. The van der Waals surface area contributed by atoms with Crippen molar-refractivity contribution in [3.05, 3.63) is 33.7 Å². The summed E-state index contributed by atoms with van der Waals surface area (Å²) in [5, 5.41) is 0. The van der Waals surface area contributed by atoms with Crippen molar-refractivity contribution in [1.82, 2.24) is 9.29 Å². The summed E-state index contributed by atoms with van der Waals surface area (Å²) in [6.07, 6.45) is 10.9. The maximum absolute atomic E-state index is 12.9. The number of nitrogens with one attached hydrogen (secondary N) is 1. The smallest absolute Gasteiger partial charge is 0.254 e. The zero-order chi connectivity index (χ0) is 19.0. The molecule has 0 bridgehead atoms. The van der Waals surface area contributed by atoms with E-state index in [1.165, 1.54) is 32.1 Å². The van der Waals surface area contributed by atoms with E-state index >= 15 is 0 Å². The van der Waals surface area contributed by atoms with Gasteiger partial charge in [-0.15, -0.1) is 0 Å². The summed E-state index contributed by atoms with van der Waals surface area (Å²) in [6.45, 7) is 4.95. The molecule has 4 unspecified atom stereocenters. The summed E-state index contributed by atoms with van der Waals surface area (Å²) < 4.78 is 12.0. The predicted octanol–water partition coefficient (Wildman–Crippen LogP) is 4.11. The van der Waals surface area contributed by atoms with Crippen molar-refractivity contribution in [2.24, 2.45) is 17.8 Å². The Kier molecular flexibility index (Phi) is 6.00. The van der Waals surface area contributed by atoms with Crippen LogP contribution in [0.15, 0.2) is 16.9 Å². The average Bonchev–Trinajstić information content (AvgIpc) is 3.41. The molecule has 150 valence electrons. The van der Waals surface area contributed by atoms with Gasteiger partial charge < -0.3 is 9.30 Å². The maximum atomic E-state index is 12.9. The first-order chi connectivity index (χ1) is 13.1. The lowest BCUT2D eigenvalue weighted by molar-refractivity contribution is -0.00859. The van der Waals surface area contributed by atoms with Gasteiger partial charge in [0.15, 0.2) is 0 Å². The molecule has 0 amide bonds. The van der Waals surface area contributed by atoms with Crippen molar-refractivity contribution < 1.29 is 4.74 Å². The van der Waals surface area contributed by atoms with Crippen LogP contribution in [0.2, 0.25) is 0 Å². The third kappa shape index (κ3) is 4.15. The minimum atomic E-state index is 0.0924. The number of fused-ring (bicyclic) bond motifs is 1. The van der Waals surface area contributed by atoms with E-state index in [1.807, 2.05) is 17.6 Å². The Morgan fingerprint density at radius 3 is 2.63 bits per heavy atom. The van der Waals surface area contributed by atoms with E-state index in [9.17, 15) is 4.79 Å². The molecule has 5 heteroatoms. The Morgan fingerprint density at radius 2 is 1.96 bits per heavy atom. The highest BCUT2D eigenvalue weighted by Crippen LogP contribution is 2.49. The number of nitrogens with zero attached hydrogens (tertiary/aromatic N) is 1. The molecule has 1 aromatic heterocycles. The van der Waals surface area contributed by atoms with Gasteiger partial charge in [-0.25, -0.2) is 0 Å². The van der Waals surface area contributed by atoms with Gasteiger partial charge in [-0.2, -0.15) is 0 Å². The molecule has 1 N–H and O–H groups in total. The zero-order valence-electron chi connectivity index (χ0n) is 16.9. The Hall–Kier alpha value is -0.780. The number of rotatable bonds is 6. The van der Waals surface area contributed by atoms with Crippen LogP contribution in [-0.4, -0.2) is 29.6 Å². The third-order valence-corrected chi connectivity index (χ3v) is 7.71. The van der Waals surface area contributed by atoms with Crippen molar-refractivity contribution in [2.45, 2.75) is 77.0 Å². The fourth-order valence-corrected chi connectivity index (χ4v) is 5.92. The van der Waals surface area contributed by atoms with Gasteiger partial charge in [-0.3, -0.25) is 9.52 Å². The Bertz CT molecular complexity index is 711. The lowest BCUT2D eigenvalue weighted by Crippen LogP contribution is -2.46. The standard InChI is InChI=1S/C22H34N2O2S/c1-14-4-7-17-8-11-20(23-27-3)21(24(17)22(14)25)13-26-18-9-5-16(6-10-18)19-12-15(19)2/h4,7,15-16,18-21,23H,5-6,8-13H2,1-3H3. The van der Waals surface area contributed by atoms with E-state index in [-0.39, 0.29) is 17.6 Å². The molecular weight excluding hydrogens is 356 g/mol. The molecule has 2 saturated carbocycles. The van der Waals surface area contributed by atoms with E-state index in [4.69, 9.17) is 4.74 Å². The molecule has 1 aromatic rings. The van der Waals surface area contributed by atoms with Gasteiger partial charge in [-0.05, 0) is 81.9 Å². The van der Waals surface area contributed by atoms with Crippen LogP contribution in [0.5, 0.6) is 0 Å². The van der Waals surface area contributed by atoms with Crippen molar-refractivity contribution >= 4 is 11.9 Å². The van der Waals surface area contributed by atoms with Crippen LogP contribution in [0.25, 0.3) is 0 Å². The fraction of sp³-hybridized carbons (Fsp3) is 0.773. The Balaban J connectivity index is 1.42. The van der Waals surface area contributed by atoms with E-state index in [2.05, 4.69) is 24.0 Å². The van der Waals surface area contributed by atoms with Crippen molar-refractivity contribution in [2.75, 3.05) is 12.9 Å². The van der Waals surface area contributed by atoms with Crippen LogP contribution in [0.3, 0.4) is 0 Å². The third-order valence-electron chi connectivity index (χ3n) is 7.17. The predicted molar refractivity (Wildman–Crippen MR) is 112 cm³/mol. The number of pyridine rings is 1. The quantitative estimate of drug-likeness (QED) is 0.742. The minimum Gasteiger partial charge on any atom is -0.376 e. The van der Waals surface area contributed by atoms with Crippen molar-refractivity contribution in [1.29, 1.82) is 0 Å². The summed E-state index contributed by atoms with van der Waals surface area (Å²) in [5.41, 5.74) is 2.14. The summed E-state index contributed by atoms with van der Waals surface area (Å²) >= 11 is 1.65. The molecule has 27 heavy (non-hydrogen) atoms. The number of hydrogen-bond donors (Lipinski definition) is 1. The highest BCUT2D eigenvalue weighted by atomic mass is 32.2. The molecule has 1 aliphatic heterocycles. The highest BCUT2D eigenvalue weighted by molar-refractivity contribution is 7.96. The average molecular weight is 391 g/mol. The minimum absolute atomic E-state index is 0.0924. The number of aryl methyl sites for hydroxylation is 2. The van der Waals surface area contributed by atoms with E-state index < -0.39 is 0 Å². The van der Waals surface area contributed by atoms with Gasteiger partial charge >= 0.3 is 0 Å². The van der Waals surface area contributed by atoms with Gasteiger partial charge in [0.25, 0.3) is 5.56 Å². The van der Waals surface area contributed by atoms with Gasteiger partial charge in [0, 0.05) is 17.3 Å². The molecule has 0 radical (unpaired) electrons. The molecule has 0 spiro atoms. The SMILES string of the molecule is CSNC1CCc2ccc(C)c(=O)n2C1COC1CCC(C2CC2C)CC1. The first-order valence-corrected chi connectivity index (χ1v) is 11.9. The van der Waals surface area contributed by atoms with Crippen LogP contribution in [0.4, 0.5) is 0 Å². The van der Waals surface area contributed by atoms with Gasteiger partial charge in [-0.1, -0.05) is 24.9 Å². The Labute approximate surface area is 167 Å². The lowest BCUT2D eigenvalue weighted by Gasteiger charge is -2.37.